The number of fused-ring (bicyclic) bond motifs is 1. The van der Waals surface area contributed by atoms with Crippen LogP contribution in [0.1, 0.15) is 62.1 Å². The van der Waals surface area contributed by atoms with Gasteiger partial charge in [-0.2, -0.15) is 0 Å². The quantitative estimate of drug-likeness (QED) is 0.332. The SMILES string of the molecule is O=C([O-])c1ccc2c(C(=O)[O-])c(C(=O)[O-])c(C(=O)[O-])c(C(=O)[O-])c2c1C(=O)[O-].[Ca+2].[Ca+2].[Ca+2]. The first kappa shape index (κ1) is 32.5. The van der Waals surface area contributed by atoms with Crippen molar-refractivity contribution in [1.82, 2.24) is 0 Å². The first-order valence-electron chi connectivity index (χ1n) is 6.86. The van der Waals surface area contributed by atoms with Gasteiger partial charge in [-0.15, -0.1) is 0 Å². The molecule has 144 valence electrons. The number of carbonyl (C=O) groups excluding carboxylic acids is 6. The molecule has 15 heteroatoms. The van der Waals surface area contributed by atoms with Crippen LogP contribution in [0.25, 0.3) is 10.8 Å². The molecule has 0 bridgehead atoms. The van der Waals surface area contributed by atoms with Crippen LogP contribution in [0.2, 0.25) is 0 Å². The van der Waals surface area contributed by atoms with E-state index in [-0.39, 0.29) is 113 Å². The van der Waals surface area contributed by atoms with E-state index in [1.807, 2.05) is 0 Å². The molecule has 0 spiro atoms. The van der Waals surface area contributed by atoms with Crippen molar-refractivity contribution in [1.29, 1.82) is 0 Å². The van der Waals surface area contributed by atoms with Crippen LogP contribution in [0, 0.1) is 0 Å². The Labute approximate surface area is 260 Å². The van der Waals surface area contributed by atoms with E-state index in [1.165, 1.54) is 0 Å². The molecule has 0 aliphatic carbocycles. The van der Waals surface area contributed by atoms with Gasteiger partial charge in [0.2, 0.25) is 0 Å². The Morgan fingerprint density at radius 1 is 0.452 bits per heavy atom. The predicted octanol–water partition coefficient (Wildman–Crippen LogP) is -8.12. The zero-order valence-corrected chi connectivity index (χ0v) is 21.8. The summed E-state index contributed by atoms with van der Waals surface area (Å²) < 4.78 is 0. The molecule has 0 unspecified atom stereocenters. The molecule has 0 saturated heterocycles. The van der Waals surface area contributed by atoms with Crippen molar-refractivity contribution in [2.45, 2.75) is 0 Å². The molecule has 0 heterocycles. The summed E-state index contributed by atoms with van der Waals surface area (Å²) in [6.07, 6.45) is 0. The minimum Gasteiger partial charge on any atom is -0.545 e. The standard InChI is InChI=1S/C16H8O12.3Ca/c17-11(18)4-2-1-3-5(7(4)13(21)22)8(14(23)24)10(16(27)28)9(15(25)26)6(3)12(19)20;;;/h1-2H,(H,17,18)(H,19,20)(H,21,22)(H,23,24)(H,25,26)(H,27,28);;;/q;3*+2/p-6. The summed E-state index contributed by atoms with van der Waals surface area (Å²) in [6, 6.07) is 0.988. The largest absolute Gasteiger partial charge is 2.00 e. The van der Waals surface area contributed by atoms with E-state index in [2.05, 4.69) is 0 Å². The fourth-order valence-electron chi connectivity index (χ4n) is 2.79. The molecule has 31 heavy (non-hydrogen) atoms. The van der Waals surface area contributed by atoms with E-state index in [9.17, 15) is 59.4 Å². The molecule has 0 saturated carbocycles. The predicted molar refractivity (Wildman–Crippen MR) is 87.2 cm³/mol. The van der Waals surface area contributed by atoms with Gasteiger partial charge in [-0.3, -0.25) is 0 Å². The van der Waals surface area contributed by atoms with E-state index in [0.29, 0.717) is 12.1 Å². The maximum atomic E-state index is 11.5. The van der Waals surface area contributed by atoms with Gasteiger partial charge < -0.3 is 59.4 Å². The van der Waals surface area contributed by atoms with Gasteiger partial charge in [0, 0.05) is 38.8 Å². The van der Waals surface area contributed by atoms with Crippen LogP contribution >= 0.6 is 0 Å². The van der Waals surface area contributed by atoms with Gasteiger partial charge in [0.25, 0.3) is 0 Å². The second-order valence-corrected chi connectivity index (χ2v) is 5.14. The average Bonchev–Trinajstić information content (AvgIpc) is 2.56. The number of carboxylic acid groups (broad SMARTS) is 6. The molecule has 2 rings (SSSR count). The van der Waals surface area contributed by atoms with Gasteiger partial charge in [0.15, 0.2) is 0 Å². The smallest absolute Gasteiger partial charge is 0.545 e. The molecule has 2 aromatic carbocycles. The number of carbonyl (C=O) groups is 6. The molecule has 0 fully saturated rings. The Morgan fingerprint density at radius 3 is 1.13 bits per heavy atom. The molecule has 0 atom stereocenters. The summed E-state index contributed by atoms with van der Waals surface area (Å²) >= 11 is 0. The van der Waals surface area contributed by atoms with Gasteiger partial charge in [-0.1, -0.05) is 12.1 Å². The number of carboxylic acids is 6. The minimum absolute atomic E-state index is 0. The van der Waals surface area contributed by atoms with Gasteiger partial charge in [0.05, 0.1) is 35.8 Å². The molecule has 0 aliphatic rings. The van der Waals surface area contributed by atoms with Crippen molar-refractivity contribution in [3.63, 3.8) is 0 Å². The van der Waals surface area contributed by atoms with Crippen molar-refractivity contribution in [2.75, 3.05) is 0 Å². The van der Waals surface area contributed by atoms with Crippen LogP contribution in [0.15, 0.2) is 12.1 Å². The third-order valence-electron chi connectivity index (χ3n) is 3.72. The average molecular weight is 506 g/mol. The third kappa shape index (κ3) is 6.01. The molecule has 0 radical (unpaired) electrons. The first-order chi connectivity index (χ1) is 12.9. The Bertz CT molecular complexity index is 1130. The molecule has 0 aliphatic heterocycles. The Morgan fingerprint density at radius 2 is 0.806 bits per heavy atom. The van der Waals surface area contributed by atoms with Crippen LogP contribution in [0.4, 0.5) is 0 Å². The van der Waals surface area contributed by atoms with Gasteiger partial charge in [-0.05, 0) is 5.39 Å². The monoisotopic (exact) mass is 506 g/mol. The molecule has 0 N–H and O–H groups in total. The fraction of sp³-hybridized carbons (Fsp3) is 0. The normalized spacial score (nSPS) is 9.42. The van der Waals surface area contributed by atoms with Crippen LogP contribution in [-0.2, 0) is 0 Å². The number of aromatic carboxylic acids is 6. The van der Waals surface area contributed by atoms with Crippen LogP contribution in [0.5, 0.6) is 0 Å². The number of rotatable bonds is 6. The maximum absolute atomic E-state index is 11.5. The second-order valence-electron chi connectivity index (χ2n) is 5.14. The molecule has 12 nitrogen and oxygen atoms in total. The van der Waals surface area contributed by atoms with Crippen molar-refractivity contribution in [3.8, 4) is 0 Å². The number of hydrogen-bond donors (Lipinski definition) is 0. The molecular weight excluding hydrogens is 504 g/mol. The summed E-state index contributed by atoms with van der Waals surface area (Å²) in [4.78, 5) is 68.2. The topological polar surface area (TPSA) is 241 Å². The van der Waals surface area contributed by atoms with Crippen molar-refractivity contribution in [2.24, 2.45) is 0 Å². The minimum atomic E-state index is -2.55. The zero-order valence-electron chi connectivity index (χ0n) is 15.2. The maximum Gasteiger partial charge on any atom is 2.00 e. The summed E-state index contributed by atoms with van der Waals surface area (Å²) in [5, 5.41) is 65.9. The van der Waals surface area contributed by atoms with Crippen LogP contribution in [0.3, 0.4) is 0 Å². The van der Waals surface area contributed by atoms with E-state index < -0.39 is 80.0 Å². The van der Waals surface area contributed by atoms with Crippen molar-refractivity contribution in [3.05, 3.63) is 45.5 Å². The van der Waals surface area contributed by atoms with Crippen LogP contribution < -0.4 is 30.6 Å². The second kappa shape index (κ2) is 12.5. The Kier molecular flexibility index (Phi) is 13.1. The van der Waals surface area contributed by atoms with Gasteiger partial charge in [0.1, 0.15) is 0 Å². The summed E-state index contributed by atoms with van der Waals surface area (Å²) in [5.41, 5.74) is -9.34. The van der Waals surface area contributed by atoms with Gasteiger partial charge in [-0.25, -0.2) is 0 Å². The molecular formula is C16H2Ca3O12. The summed E-state index contributed by atoms with van der Waals surface area (Å²) in [5.74, 6) is -14.4. The van der Waals surface area contributed by atoms with Crippen molar-refractivity contribution < 1.29 is 59.4 Å². The number of benzene rings is 2. The first-order valence-corrected chi connectivity index (χ1v) is 6.86. The van der Waals surface area contributed by atoms with E-state index in [4.69, 9.17) is 0 Å². The summed E-state index contributed by atoms with van der Waals surface area (Å²) in [7, 11) is 0. The van der Waals surface area contributed by atoms with Gasteiger partial charge >= 0.3 is 113 Å². The molecule has 0 aromatic heterocycles. The summed E-state index contributed by atoms with van der Waals surface area (Å²) in [6.45, 7) is 0. The molecule has 2 aromatic rings. The van der Waals surface area contributed by atoms with E-state index in [1.54, 1.807) is 0 Å². The third-order valence-corrected chi connectivity index (χ3v) is 3.72. The van der Waals surface area contributed by atoms with Crippen molar-refractivity contribution >= 4 is 160 Å². The molecule has 0 amide bonds. The van der Waals surface area contributed by atoms with Crippen LogP contribution in [-0.4, -0.2) is 149 Å². The fourth-order valence-corrected chi connectivity index (χ4v) is 2.79. The number of hydrogen-bond acceptors (Lipinski definition) is 12. The zero-order chi connectivity index (χ0) is 21.5. The van der Waals surface area contributed by atoms with E-state index in [0.717, 1.165) is 0 Å². The Hall–Kier alpha value is -0.701. The Balaban J connectivity index is 0. The van der Waals surface area contributed by atoms with E-state index >= 15 is 0 Å².